The van der Waals surface area contributed by atoms with Crippen LogP contribution in [0, 0.1) is 5.92 Å². The summed E-state index contributed by atoms with van der Waals surface area (Å²) < 4.78 is 21.5. The average Bonchev–Trinajstić information content (AvgIpc) is 2.96. The van der Waals surface area contributed by atoms with Gasteiger partial charge in [0.25, 0.3) is 0 Å². The number of carbonyl (C=O) groups excluding carboxylic acids is 3. The van der Waals surface area contributed by atoms with E-state index >= 15 is 0 Å². The average molecular weight is 589 g/mol. The number of unbranched alkanes of at least 4 members (excludes halogenated alkanes) is 2. The summed E-state index contributed by atoms with van der Waals surface area (Å²) in [4.78, 5) is 48.2. The number of hydrogen-bond acceptors (Lipinski definition) is 8. The Labute approximate surface area is 252 Å². The van der Waals surface area contributed by atoms with Crippen molar-refractivity contribution in [3.05, 3.63) is 88.3 Å². The van der Waals surface area contributed by atoms with Gasteiger partial charge in [-0.05, 0) is 99.4 Å². The van der Waals surface area contributed by atoms with Gasteiger partial charge >= 0.3 is 23.5 Å². The Kier molecular flexibility index (Phi) is 12.0. The minimum atomic E-state index is -0.521. The lowest BCUT2D eigenvalue weighted by Crippen LogP contribution is -2.12. The van der Waals surface area contributed by atoms with E-state index in [1.54, 1.807) is 52.0 Å². The molecule has 0 unspecified atom stereocenters. The van der Waals surface area contributed by atoms with Gasteiger partial charge in [0.1, 0.15) is 11.3 Å². The number of carbonyl (C=O) groups is 3. The first kappa shape index (κ1) is 33.0. The molecule has 0 bridgehead atoms. The van der Waals surface area contributed by atoms with Crippen LogP contribution < -0.4 is 10.4 Å². The van der Waals surface area contributed by atoms with Crippen molar-refractivity contribution in [2.75, 3.05) is 13.2 Å². The zero-order chi connectivity index (χ0) is 31.5. The summed E-state index contributed by atoms with van der Waals surface area (Å²) in [7, 11) is 0. The second kappa shape index (κ2) is 15.7. The van der Waals surface area contributed by atoms with E-state index < -0.39 is 17.6 Å². The molecule has 0 aliphatic carbocycles. The number of esters is 3. The van der Waals surface area contributed by atoms with Gasteiger partial charge in [-0.15, -0.1) is 0 Å². The third-order valence-corrected chi connectivity index (χ3v) is 6.76. The van der Waals surface area contributed by atoms with Crippen LogP contribution in [0.1, 0.15) is 64.5 Å². The predicted molar refractivity (Wildman–Crippen MR) is 166 cm³/mol. The fourth-order valence-electron chi connectivity index (χ4n) is 4.28. The monoisotopic (exact) mass is 588 g/mol. The highest BCUT2D eigenvalue weighted by atomic mass is 16.5. The maximum atomic E-state index is 13.0. The molecule has 0 aliphatic rings. The molecule has 43 heavy (non-hydrogen) atoms. The number of ether oxygens (including phenoxy) is 3. The highest BCUT2D eigenvalue weighted by Crippen LogP contribution is 2.27. The number of fused-ring (bicyclic) bond motifs is 1. The summed E-state index contributed by atoms with van der Waals surface area (Å²) in [6, 6.07) is 12.4. The van der Waals surface area contributed by atoms with Crippen LogP contribution in [0.15, 0.2) is 76.0 Å². The van der Waals surface area contributed by atoms with Crippen LogP contribution in [0.3, 0.4) is 0 Å². The molecular formula is C35H40O8. The van der Waals surface area contributed by atoms with Gasteiger partial charge in [0, 0.05) is 16.5 Å². The van der Waals surface area contributed by atoms with Gasteiger partial charge in [0.2, 0.25) is 0 Å². The van der Waals surface area contributed by atoms with Crippen LogP contribution in [0.2, 0.25) is 0 Å². The first-order valence-electron chi connectivity index (χ1n) is 14.5. The second-order valence-corrected chi connectivity index (χ2v) is 11.0. The van der Waals surface area contributed by atoms with Gasteiger partial charge in [0.15, 0.2) is 0 Å². The molecule has 8 nitrogen and oxygen atoms in total. The third kappa shape index (κ3) is 9.81. The lowest BCUT2D eigenvalue weighted by atomic mass is 9.95. The van der Waals surface area contributed by atoms with Crippen molar-refractivity contribution < 1.29 is 33.0 Å². The van der Waals surface area contributed by atoms with Crippen LogP contribution in [0.5, 0.6) is 5.75 Å². The molecule has 0 fully saturated rings. The fraction of sp³-hybridized carbons (Fsp3) is 0.371. The van der Waals surface area contributed by atoms with Crippen molar-refractivity contribution in [2.24, 2.45) is 5.92 Å². The Bertz CT molecular complexity index is 1540. The predicted octanol–water partition coefficient (Wildman–Crippen LogP) is 6.91. The number of hydrogen-bond donors (Lipinski definition) is 0. The first-order chi connectivity index (χ1) is 20.5. The van der Waals surface area contributed by atoms with Gasteiger partial charge in [-0.1, -0.05) is 39.1 Å². The summed E-state index contributed by atoms with van der Waals surface area (Å²) in [6.45, 7) is 14.6. The van der Waals surface area contributed by atoms with Crippen molar-refractivity contribution in [3.8, 4) is 16.9 Å². The molecule has 0 spiro atoms. The third-order valence-electron chi connectivity index (χ3n) is 6.76. The summed E-state index contributed by atoms with van der Waals surface area (Å²) in [5.74, 6) is -0.937. The minimum absolute atomic E-state index is 0.161. The van der Waals surface area contributed by atoms with Gasteiger partial charge in [-0.3, -0.25) is 4.79 Å². The Balaban J connectivity index is 1.81. The van der Waals surface area contributed by atoms with Gasteiger partial charge in [-0.25, -0.2) is 14.4 Å². The molecule has 0 N–H and O–H groups in total. The van der Waals surface area contributed by atoms with Crippen LogP contribution in [-0.2, 0) is 36.7 Å². The molecule has 8 heteroatoms. The lowest BCUT2D eigenvalue weighted by Gasteiger charge is -2.13. The summed E-state index contributed by atoms with van der Waals surface area (Å²) in [5, 5.41) is 0.783. The zero-order valence-corrected chi connectivity index (χ0v) is 25.5. The maximum Gasteiger partial charge on any atom is 0.344 e. The van der Waals surface area contributed by atoms with E-state index in [4.69, 9.17) is 18.6 Å². The SMILES string of the molecule is C=C(C)C(=O)OCCCCc1cc2cc(-c3ccc(OC(=O)C(=C)C)cc3)c(=O)oc2cc1CCCCOC(=O)C(C)C. The van der Waals surface area contributed by atoms with E-state index in [1.165, 1.54) is 0 Å². The van der Waals surface area contributed by atoms with E-state index in [9.17, 15) is 19.2 Å². The molecule has 228 valence electrons. The summed E-state index contributed by atoms with van der Waals surface area (Å²) in [6.07, 6.45) is 4.47. The molecule has 0 radical (unpaired) electrons. The number of benzene rings is 2. The van der Waals surface area contributed by atoms with Crippen LogP contribution >= 0.6 is 0 Å². The quantitative estimate of drug-likeness (QED) is 0.0620. The normalized spacial score (nSPS) is 10.9. The molecule has 1 heterocycles. The topological polar surface area (TPSA) is 109 Å². The minimum Gasteiger partial charge on any atom is -0.465 e. The molecule has 0 aliphatic heterocycles. The van der Waals surface area contributed by atoms with E-state index in [1.807, 2.05) is 18.2 Å². The fourth-order valence-corrected chi connectivity index (χ4v) is 4.28. The molecule has 0 atom stereocenters. The molecule has 0 saturated heterocycles. The Morgan fingerprint density at radius 2 is 1.37 bits per heavy atom. The summed E-state index contributed by atoms with van der Waals surface area (Å²) >= 11 is 0. The van der Waals surface area contributed by atoms with Crippen molar-refractivity contribution in [1.29, 1.82) is 0 Å². The zero-order valence-electron chi connectivity index (χ0n) is 25.5. The lowest BCUT2D eigenvalue weighted by molar-refractivity contribution is -0.147. The standard InChI is InChI=1S/C35H40O8/c1-22(2)32(36)40-17-9-7-11-26-19-28-20-30(25-13-15-29(16-14-25)42-34(38)24(5)6)35(39)43-31(28)21-27(26)12-8-10-18-41-33(37)23(3)4/h13-16,19-21,23H,1,5,7-12,17-18H2,2-4,6H3. The Morgan fingerprint density at radius 3 is 1.95 bits per heavy atom. The van der Waals surface area contributed by atoms with E-state index in [0.717, 1.165) is 42.2 Å². The van der Waals surface area contributed by atoms with Crippen molar-refractivity contribution in [2.45, 2.75) is 66.2 Å². The van der Waals surface area contributed by atoms with Crippen LogP contribution in [0.25, 0.3) is 22.1 Å². The van der Waals surface area contributed by atoms with E-state index in [2.05, 4.69) is 13.2 Å². The van der Waals surface area contributed by atoms with E-state index in [-0.39, 0.29) is 17.5 Å². The number of aryl methyl sites for hydroxylation is 2. The first-order valence-corrected chi connectivity index (χ1v) is 14.5. The van der Waals surface area contributed by atoms with Crippen molar-refractivity contribution in [3.63, 3.8) is 0 Å². The smallest absolute Gasteiger partial charge is 0.344 e. The molecule has 3 rings (SSSR count). The highest BCUT2D eigenvalue weighted by Gasteiger charge is 2.14. The van der Waals surface area contributed by atoms with Crippen LogP contribution in [-0.4, -0.2) is 31.1 Å². The highest BCUT2D eigenvalue weighted by molar-refractivity contribution is 5.89. The molecule has 1 aromatic heterocycles. The van der Waals surface area contributed by atoms with Crippen molar-refractivity contribution in [1.82, 2.24) is 0 Å². The molecule has 0 saturated carbocycles. The molecular weight excluding hydrogens is 548 g/mol. The van der Waals surface area contributed by atoms with Gasteiger partial charge < -0.3 is 18.6 Å². The molecule has 2 aromatic carbocycles. The second-order valence-electron chi connectivity index (χ2n) is 11.0. The molecule has 0 amide bonds. The largest absolute Gasteiger partial charge is 0.465 e. The van der Waals surface area contributed by atoms with Gasteiger partial charge in [-0.2, -0.15) is 0 Å². The number of rotatable bonds is 15. The Morgan fingerprint density at radius 1 is 0.791 bits per heavy atom. The van der Waals surface area contributed by atoms with Crippen LogP contribution in [0.4, 0.5) is 0 Å². The van der Waals surface area contributed by atoms with E-state index in [0.29, 0.717) is 54.1 Å². The Hall–Kier alpha value is -4.46. The maximum absolute atomic E-state index is 13.0. The van der Waals surface area contributed by atoms with Crippen molar-refractivity contribution >= 4 is 28.9 Å². The molecule has 3 aromatic rings. The summed E-state index contributed by atoms with van der Waals surface area (Å²) in [5.41, 5.74) is 3.86. The van der Waals surface area contributed by atoms with Gasteiger partial charge in [0.05, 0.1) is 24.7 Å².